The highest BCUT2D eigenvalue weighted by Gasteiger charge is 2.02. The van der Waals surface area contributed by atoms with Gasteiger partial charge in [-0.1, -0.05) is 127 Å². The molecule has 0 bridgehead atoms. The lowest BCUT2D eigenvalue weighted by molar-refractivity contribution is -0.143. The minimum Gasteiger partial charge on any atom is -0.466 e. The molecule has 2 nitrogen and oxygen atoms in total. The van der Waals surface area contributed by atoms with Gasteiger partial charge in [-0.05, 0) is 70.6 Å². The van der Waals surface area contributed by atoms with Crippen LogP contribution in [0.4, 0.5) is 0 Å². The molecule has 0 aliphatic rings. The smallest absolute Gasteiger partial charge is 0.305 e. The zero-order valence-corrected chi connectivity index (χ0v) is 24.2. The van der Waals surface area contributed by atoms with Crippen molar-refractivity contribution in [1.29, 1.82) is 0 Å². The summed E-state index contributed by atoms with van der Waals surface area (Å²) in [6, 6.07) is 0. The Morgan fingerprint density at radius 3 is 1.53 bits per heavy atom. The number of unbranched alkanes of at least 4 members (excludes halogenated alkanes) is 15. The number of carbonyl (C=O) groups excluding carboxylic acids is 1. The molecule has 0 saturated carbocycles. The average molecular weight is 501 g/mol. The molecular formula is C34H60O2. The molecule has 208 valence electrons. The van der Waals surface area contributed by atoms with Gasteiger partial charge in [0.25, 0.3) is 0 Å². The van der Waals surface area contributed by atoms with E-state index in [1.807, 2.05) is 0 Å². The van der Waals surface area contributed by atoms with Crippen LogP contribution in [0.3, 0.4) is 0 Å². The molecule has 0 aliphatic carbocycles. The number of hydrogen-bond donors (Lipinski definition) is 0. The van der Waals surface area contributed by atoms with Crippen molar-refractivity contribution in [1.82, 2.24) is 0 Å². The fourth-order valence-electron chi connectivity index (χ4n) is 4.14. The highest BCUT2D eigenvalue weighted by molar-refractivity contribution is 5.69. The predicted octanol–water partition coefficient (Wildman–Crippen LogP) is 11.4. The van der Waals surface area contributed by atoms with E-state index < -0.39 is 0 Å². The van der Waals surface area contributed by atoms with Gasteiger partial charge in [-0.15, -0.1) is 0 Å². The van der Waals surface area contributed by atoms with E-state index in [1.165, 1.54) is 96.3 Å². The molecule has 0 aliphatic heterocycles. The lowest BCUT2D eigenvalue weighted by Gasteiger charge is -2.05. The molecular weight excluding hydrogens is 440 g/mol. The van der Waals surface area contributed by atoms with E-state index >= 15 is 0 Å². The SMILES string of the molecule is CC/C=C\C/C=C\C/C=C\CCCCCCCC(=O)OCCCCCCCC/C=C\CCCCCC. The van der Waals surface area contributed by atoms with Crippen LogP contribution in [-0.4, -0.2) is 12.6 Å². The van der Waals surface area contributed by atoms with Gasteiger partial charge in [0.05, 0.1) is 6.61 Å². The lowest BCUT2D eigenvalue weighted by atomic mass is 10.1. The summed E-state index contributed by atoms with van der Waals surface area (Å²) in [4.78, 5) is 11.9. The first kappa shape index (κ1) is 34.4. The van der Waals surface area contributed by atoms with Crippen molar-refractivity contribution in [2.45, 2.75) is 155 Å². The van der Waals surface area contributed by atoms with Crippen LogP contribution in [0.1, 0.15) is 155 Å². The van der Waals surface area contributed by atoms with Gasteiger partial charge in [0, 0.05) is 6.42 Å². The summed E-state index contributed by atoms with van der Waals surface area (Å²) >= 11 is 0. The van der Waals surface area contributed by atoms with Gasteiger partial charge in [0.1, 0.15) is 0 Å². The Bertz CT molecular complexity index is 556. The molecule has 0 N–H and O–H groups in total. The van der Waals surface area contributed by atoms with E-state index in [2.05, 4.69) is 62.5 Å². The molecule has 36 heavy (non-hydrogen) atoms. The van der Waals surface area contributed by atoms with Crippen LogP contribution in [0.2, 0.25) is 0 Å². The molecule has 0 spiro atoms. The van der Waals surface area contributed by atoms with Crippen LogP contribution >= 0.6 is 0 Å². The third-order valence-corrected chi connectivity index (χ3v) is 6.45. The highest BCUT2D eigenvalue weighted by atomic mass is 16.5. The maximum Gasteiger partial charge on any atom is 0.305 e. The Kier molecular flexibility index (Phi) is 30.1. The largest absolute Gasteiger partial charge is 0.466 e. The Hall–Kier alpha value is -1.57. The van der Waals surface area contributed by atoms with Crippen LogP contribution in [0, 0.1) is 0 Å². The zero-order chi connectivity index (χ0) is 26.2. The molecule has 0 fully saturated rings. The first-order valence-corrected chi connectivity index (χ1v) is 15.6. The van der Waals surface area contributed by atoms with E-state index in [0.29, 0.717) is 13.0 Å². The molecule has 0 amide bonds. The third kappa shape index (κ3) is 30.5. The molecule has 2 heteroatoms. The summed E-state index contributed by atoms with van der Waals surface area (Å²) in [5.41, 5.74) is 0. The van der Waals surface area contributed by atoms with Crippen molar-refractivity contribution < 1.29 is 9.53 Å². The summed E-state index contributed by atoms with van der Waals surface area (Å²) in [5.74, 6) is -0.00217. The number of hydrogen-bond acceptors (Lipinski definition) is 2. The second-order valence-corrected chi connectivity index (χ2v) is 10.1. The molecule has 0 aromatic carbocycles. The number of esters is 1. The normalized spacial score (nSPS) is 12.2. The van der Waals surface area contributed by atoms with Crippen LogP contribution in [0.25, 0.3) is 0 Å². The van der Waals surface area contributed by atoms with Crippen LogP contribution in [0.5, 0.6) is 0 Å². The molecule has 0 aromatic heterocycles. The molecule has 0 unspecified atom stereocenters. The van der Waals surface area contributed by atoms with Crippen molar-refractivity contribution in [2.75, 3.05) is 6.61 Å². The molecule has 0 atom stereocenters. The molecule has 0 radical (unpaired) electrons. The first-order chi connectivity index (χ1) is 17.8. The van der Waals surface area contributed by atoms with Gasteiger partial charge >= 0.3 is 5.97 Å². The minimum absolute atomic E-state index is 0.00217. The monoisotopic (exact) mass is 500 g/mol. The number of rotatable bonds is 27. The van der Waals surface area contributed by atoms with Crippen LogP contribution < -0.4 is 0 Å². The Labute approximate surface area is 225 Å². The number of allylic oxidation sites excluding steroid dienone is 8. The highest BCUT2D eigenvalue weighted by Crippen LogP contribution is 2.11. The maximum absolute atomic E-state index is 11.9. The standard InChI is InChI=1S/C34H60O2/c1-3-5-7-9-11-13-15-17-19-20-22-24-26-28-30-32-34(35)36-33-31-29-27-25-23-21-18-16-14-12-10-8-6-4-2/h5,7,11,13-14,16-17,19H,3-4,6,8-10,12,15,18,20-33H2,1-2H3/b7-5-,13-11-,16-14-,19-17-. The second-order valence-electron chi connectivity index (χ2n) is 10.1. The summed E-state index contributed by atoms with van der Waals surface area (Å²) in [6.45, 7) is 5.04. The van der Waals surface area contributed by atoms with E-state index in [1.54, 1.807) is 0 Å². The van der Waals surface area contributed by atoms with Crippen molar-refractivity contribution in [3.63, 3.8) is 0 Å². The number of carbonyl (C=O) groups is 1. The van der Waals surface area contributed by atoms with Gasteiger partial charge in [0.15, 0.2) is 0 Å². The summed E-state index contributed by atoms with van der Waals surface area (Å²) in [5, 5.41) is 0. The topological polar surface area (TPSA) is 26.3 Å². The van der Waals surface area contributed by atoms with Crippen molar-refractivity contribution in [3.8, 4) is 0 Å². The zero-order valence-electron chi connectivity index (χ0n) is 24.2. The first-order valence-electron chi connectivity index (χ1n) is 15.6. The van der Waals surface area contributed by atoms with E-state index in [-0.39, 0.29) is 5.97 Å². The fraction of sp³-hybridized carbons (Fsp3) is 0.735. The lowest BCUT2D eigenvalue weighted by Crippen LogP contribution is -2.05. The Morgan fingerprint density at radius 2 is 0.944 bits per heavy atom. The minimum atomic E-state index is -0.00217. The van der Waals surface area contributed by atoms with Crippen molar-refractivity contribution in [2.24, 2.45) is 0 Å². The van der Waals surface area contributed by atoms with Gasteiger partial charge in [-0.25, -0.2) is 0 Å². The van der Waals surface area contributed by atoms with Gasteiger partial charge in [0.2, 0.25) is 0 Å². The van der Waals surface area contributed by atoms with Gasteiger partial charge in [-0.2, -0.15) is 0 Å². The van der Waals surface area contributed by atoms with E-state index in [4.69, 9.17) is 4.74 Å². The number of ether oxygens (including phenoxy) is 1. The van der Waals surface area contributed by atoms with Gasteiger partial charge < -0.3 is 4.74 Å². The molecule has 0 rings (SSSR count). The van der Waals surface area contributed by atoms with Crippen LogP contribution in [0.15, 0.2) is 48.6 Å². The summed E-state index contributed by atoms with van der Waals surface area (Å²) < 4.78 is 5.40. The summed E-state index contributed by atoms with van der Waals surface area (Å²) in [7, 11) is 0. The van der Waals surface area contributed by atoms with E-state index in [0.717, 1.165) is 38.5 Å². The average Bonchev–Trinajstić information content (AvgIpc) is 2.88. The quantitative estimate of drug-likeness (QED) is 0.0636. The van der Waals surface area contributed by atoms with Gasteiger partial charge in [-0.3, -0.25) is 4.79 Å². The third-order valence-electron chi connectivity index (χ3n) is 6.45. The van der Waals surface area contributed by atoms with Crippen molar-refractivity contribution in [3.05, 3.63) is 48.6 Å². The fourth-order valence-corrected chi connectivity index (χ4v) is 4.14. The predicted molar refractivity (Wildman–Crippen MR) is 160 cm³/mol. The Balaban J connectivity index is 3.28. The van der Waals surface area contributed by atoms with E-state index in [9.17, 15) is 4.79 Å². The molecule has 0 aromatic rings. The van der Waals surface area contributed by atoms with Crippen molar-refractivity contribution >= 4 is 5.97 Å². The van der Waals surface area contributed by atoms with Crippen LogP contribution in [-0.2, 0) is 9.53 Å². The summed E-state index contributed by atoms with van der Waals surface area (Å²) in [6.07, 6.45) is 44.4. The second kappa shape index (κ2) is 31.5. The maximum atomic E-state index is 11.9. The Morgan fingerprint density at radius 1 is 0.500 bits per heavy atom. The molecule has 0 heterocycles. The molecule has 0 saturated heterocycles.